The molecule has 2 unspecified atom stereocenters. The molecule has 8 nitrogen and oxygen atoms in total. The lowest BCUT2D eigenvalue weighted by Gasteiger charge is -2.35. The number of carbonyl (C=O) groups excluding carboxylic acids is 1. The highest BCUT2D eigenvalue weighted by Gasteiger charge is 2.27. The summed E-state index contributed by atoms with van der Waals surface area (Å²) >= 11 is 0. The summed E-state index contributed by atoms with van der Waals surface area (Å²) < 4.78 is 10.9. The third kappa shape index (κ3) is 7.21. The number of nitrogens with zero attached hydrogens (tertiary/aromatic N) is 3. The second-order valence-electron chi connectivity index (χ2n) is 7.71. The number of halogens is 1. The van der Waals surface area contributed by atoms with Crippen LogP contribution in [0.2, 0.25) is 0 Å². The first-order chi connectivity index (χ1) is 14.6. The van der Waals surface area contributed by atoms with Gasteiger partial charge in [-0.1, -0.05) is 19.1 Å². The topological polar surface area (TPSA) is 78.4 Å². The van der Waals surface area contributed by atoms with Gasteiger partial charge in [0, 0.05) is 52.2 Å². The third-order valence-corrected chi connectivity index (χ3v) is 5.86. The second kappa shape index (κ2) is 13.1. The molecule has 2 saturated heterocycles. The number of aliphatic imine (C=N–C) groups is 1. The van der Waals surface area contributed by atoms with E-state index < -0.39 is 0 Å². The lowest BCUT2D eigenvalue weighted by Crippen LogP contribution is -2.49. The third-order valence-electron chi connectivity index (χ3n) is 5.86. The van der Waals surface area contributed by atoms with E-state index in [0.717, 1.165) is 64.1 Å². The Bertz CT molecular complexity index is 710. The van der Waals surface area contributed by atoms with E-state index in [2.05, 4.69) is 32.7 Å². The van der Waals surface area contributed by atoms with Crippen LogP contribution in [0.25, 0.3) is 0 Å². The van der Waals surface area contributed by atoms with E-state index in [0.29, 0.717) is 6.42 Å². The predicted molar refractivity (Wildman–Crippen MR) is 133 cm³/mol. The van der Waals surface area contributed by atoms with E-state index in [1.165, 1.54) is 5.56 Å². The molecule has 1 aromatic rings. The fourth-order valence-corrected chi connectivity index (χ4v) is 4.08. The lowest BCUT2D eigenvalue weighted by atomic mass is 10.0. The molecule has 2 N–H and O–H groups in total. The Morgan fingerprint density at radius 3 is 2.58 bits per heavy atom. The maximum absolute atomic E-state index is 11.9. The number of benzene rings is 1. The molecular weight excluding hydrogens is 509 g/mol. The number of morpholine rings is 1. The number of amides is 1. The van der Waals surface area contributed by atoms with Crippen molar-refractivity contribution < 1.29 is 14.3 Å². The molecule has 0 aliphatic carbocycles. The van der Waals surface area contributed by atoms with Gasteiger partial charge in [-0.3, -0.25) is 14.7 Å². The van der Waals surface area contributed by atoms with Crippen LogP contribution in [0.1, 0.15) is 31.4 Å². The largest absolute Gasteiger partial charge is 0.497 e. The summed E-state index contributed by atoms with van der Waals surface area (Å²) in [5, 5.41) is 6.98. The Morgan fingerprint density at radius 1 is 1.26 bits per heavy atom. The Labute approximate surface area is 202 Å². The summed E-state index contributed by atoms with van der Waals surface area (Å²) in [7, 11) is 3.47. The van der Waals surface area contributed by atoms with Crippen molar-refractivity contribution in [1.82, 2.24) is 20.4 Å². The van der Waals surface area contributed by atoms with Crippen molar-refractivity contribution in [2.75, 3.05) is 60.1 Å². The van der Waals surface area contributed by atoms with Gasteiger partial charge < -0.3 is 25.0 Å². The van der Waals surface area contributed by atoms with Gasteiger partial charge in [0.2, 0.25) is 5.91 Å². The molecule has 2 aliphatic heterocycles. The summed E-state index contributed by atoms with van der Waals surface area (Å²) in [5.74, 6) is 1.85. The minimum atomic E-state index is 0. The number of hydrogen-bond donors (Lipinski definition) is 2. The van der Waals surface area contributed by atoms with E-state index in [-0.39, 0.29) is 42.0 Å². The smallest absolute Gasteiger partial charge is 0.222 e. The summed E-state index contributed by atoms with van der Waals surface area (Å²) in [6.45, 7) is 7.50. The lowest BCUT2D eigenvalue weighted by molar-refractivity contribution is -0.129. The van der Waals surface area contributed by atoms with Crippen LogP contribution < -0.4 is 15.4 Å². The van der Waals surface area contributed by atoms with Crippen LogP contribution in [-0.4, -0.2) is 87.8 Å². The average molecular weight is 545 g/mol. The van der Waals surface area contributed by atoms with Gasteiger partial charge in [0.05, 0.1) is 26.4 Å². The number of hydrogen-bond acceptors (Lipinski definition) is 5. The van der Waals surface area contributed by atoms with E-state index in [1.807, 2.05) is 24.0 Å². The van der Waals surface area contributed by atoms with Gasteiger partial charge in [0.1, 0.15) is 5.75 Å². The molecule has 0 spiro atoms. The van der Waals surface area contributed by atoms with Gasteiger partial charge >= 0.3 is 0 Å². The number of ether oxygens (including phenoxy) is 2. The van der Waals surface area contributed by atoms with Crippen LogP contribution in [0, 0.1) is 0 Å². The summed E-state index contributed by atoms with van der Waals surface area (Å²) in [4.78, 5) is 20.7. The van der Waals surface area contributed by atoms with Gasteiger partial charge in [-0.25, -0.2) is 0 Å². The maximum atomic E-state index is 11.9. The van der Waals surface area contributed by atoms with E-state index >= 15 is 0 Å². The van der Waals surface area contributed by atoms with Gasteiger partial charge in [-0.05, 0) is 24.1 Å². The van der Waals surface area contributed by atoms with Crippen molar-refractivity contribution in [3.8, 4) is 5.75 Å². The zero-order chi connectivity index (χ0) is 21.3. The summed E-state index contributed by atoms with van der Waals surface area (Å²) in [6.07, 6.45) is 1.50. The molecule has 31 heavy (non-hydrogen) atoms. The minimum Gasteiger partial charge on any atom is -0.497 e. The van der Waals surface area contributed by atoms with Crippen LogP contribution in [0.3, 0.4) is 0 Å². The van der Waals surface area contributed by atoms with Crippen molar-refractivity contribution in [2.45, 2.75) is 31.8 Å². The monoisotopic (exact) mass is 545 g/mol. The molecule has 0 bridgehead atoms. The van der Waals surface area contributed by atoms with Gasteiger partial charge in [-0.15, -0.1) is 24.0 Å². The molecule has 2 atom stereocenters. The Hall–Kier alpha value is -1.59. The standard InChI is InChI=1S/C22H35N5O3.HI/c1-4-21(28)27-10-9-18(16-27)25-22(23-2)24-15-20(26-11-13-30-14-12-26)17-5-7-19(29-3)8-6-17;/h5-8,18,20H,4,9-16H2,1-3H3,(H2,23,24,25);1H. The molecule has 0 saturated carbocycles. The Balaban J connectivity index is 0.00000341. The van der Waals surface area contributed by atoms with E-state index in [9.17, 15) is 4.79 Å². The first kappa shape index (κ1) is 25.7. The van der Waals surface area contributed by atoms with Crippen molar-refractivity contribution in [3.05, 3.63) is 29.8 Å². The van der Waals surface area contributed by atoms with Crippen molar-refractivity contribution in [1.29, 1.82) is 0 Å². The first-order valence-corrected chi connectivity index (χ1v) is 10.8. The molecule has 0 aromatic heterocycles. The highest BCUT2D eigenvalue weighted by atomic mass is 127. The molecule has 1 amide bonds. The zero-order valence-corrected chi connectivity index (χ0v) is 21.1. The number of carbonyl (C=O) groups is 1. The highest BCUT2D eigenvalue weighted by Crippen LogP contribution is 2.23. The van der Waals surface area contributed by atoms with Crippen LogP contribution in [0.5, 0.6) is 5.75 Å². The van der Waals surface area contributed by atoms with Crippen molar-refractivity contribution in [3.63, 3.8) is 0 Å². The molecular formula is C22H36IN5O3. The van der Waals surface area contributed by atoms with Crippen LogP contribution in [0.4, 0.5) is 0 Å². The molecule has 3 rings (SSSR count). The van der Waals surface area contributed by atoms with Crippen molar-refractivity contribution in [2.24, 2.45) is 4.99 Å². The van der Waals surface area contributed by atoms with Crippen LogP contribution in [0.15, 0.2) is 29.3 Å². The maximum Gasteiger partial charge on any atom is 0.222 e. The fraction of sp³-hybridized carbons (Fsp3) is 0.636. The molecule has 1 aromatic carbocycles. The number of methoxy groups -OCH3 is 1. The molecule has 2 heterocycles. The SMILES string of the molecule is CCC(=O)N1CCC(NC(=NC)NCC(c2ccc(OC)cc2)N2CCOCC2)C1.I. The summed E-state index contributed by atoms with van der Waals surface area (Å²) in [5.41, 5.74) is 1.24. The fourth-order valence-electron chi connectivity index (χ4n) is 4.08. The minimum absolute atomic E-state index is 0. The van der Waals surface area contributed by atoms with Crippen LogP contribution in [-0.2, 0) is 9.53 Å². The molecule has 174 valence electrons. The second-order valence-corrected chi connectivity index (χ2v) is 7.71. The van der Waals surface area contributed by atoms with Crippen molar-refractivity contribution >= 4 is 35.8 Å². The Morgan fingerprint density at radius 2 is 1.97 bits per heavy atom. The Kier molecular flexibility index (Phi) is 10.8. The number of nitrogens with one attached hydrogen (secondary N) is 2. The first-order valence-electron chi connectivity index (χ1n) is 10.8. The molecule has 9 heteroatoms. The van der Waals surface area contributed by atoms with E-state index in [1.54, 1.807) is 14.2 Å². The number of likely N-dealkylation sites (tertiary alicyclic amines) is 1. The molecule has 0 radical (unpaired) electrons. The van der Waals surface area contributed by atoms with Gasteiger partial charge in [0.25, 0.3) is 0 Å². The highest BCUT2D eigenvalue weighted by molar-refractivity contribution is 14.0. The molecule has 2 fully saturated rings. The number of rotatable bonds is 7. The quantitative estimate of drug-likeness (QED) is 0.310. The normalized spacial score (nSPS) is 20.7. The summed E-state index contributed by atoms with van der Waals surface area (Å²) in [6, 6.07) is 8.71. The zero-order valence-electron chi connectivity index (χ0n) is 18.8. The predicted octanol–water partition coefficient (Wildman–Crippen LogP) is 1.86. The average Bonchev–Trinajstić information content (AvgIpc) is 3.27. The number of guanidine groups is 1. The van der Waals surface area contributed by atoms with Gasteiger partial charge in [-0.2, -0.15) is 0 Å². The van der Waals surface area contributed by atoms with Crippen LogP contribution >= 0.6 is 24.0 Å². The molecule has 2 aliphatic rings. The van der Waals surface area contributed by atoms with Gasteiger partial charge in [0.15, 0.2) is 5.96 Å². The van der Waals surface area contributed by atoms with E-state index in [4.69, 9.17) is 9.47 Å².